The Morgan fingerprint density at radius 1 is 1.44 bits per heavy atom. The zero-order valence-corrected chi connectivity index (χ0v) is 9.87. The van der Waals surface area contributed by atoms with Crippen LogP contribution >= 0.6 is 11.6 Å². The van der Waals surface area contributed by atoms with Crippen LogP contribution in [0.3, 0.4) is 0 Å². The third-order valence-electron chi connectivity index (χ3n) is 1.91. The Bertz CT molecular complexity index is 342. The van der Waals surface area contributed by atoms with Gasteiger partial charge in [0.2, 0.25) is 0 Å². The maximum absolute atomic E-state index is 5.70. The Hall–Kier alpha value is -1.19. The summed E-state index contributed by atoms with van der Waals surface area (Å²) in [6.45, 7) is 5.01. The SMILES string of the molecule is C=CCOCc1cc(N)ccc1OCCCl. The Morgan fingerprint density at radius 3 is 2.94 bits per heavy atom. The first-order valence-electron chi connectivity index (χ1n) is 5.03. The highest BCUT2D eigenvalue weighted by Gasteiger charge is 2.04. The molecule has 0 aliphatic heterocycles. The minimum Gasteiger partial charge on any atom is -0.492 e. The third-order valence-corrected chi connectivity index (χ3v) is 2.07. The first-order chi connectivity index (χ1) is 7.77. The number of hydrogen-bond donors (Lipinski definition) is 1. The van der Waals surface area contributed by atoms with Gasteiger partial charge in [-0.25, -0.2) is 0 Å². The fourth-order valence-corrected chi connectivity index (χ4v) is 1.33. The molecule has 3 nitrogen and oxygen atoms in total. The summed E-state index contributed by atoms with van der Waals surface area (Å²) in [5, 5.41) is 0. The van der Waals surface area contributed by atoms with Gasteiger partial charge >= 0.3 is 0 Å². The van der Waals surface area contributed by atoms with Crippen molar-refractivity contribution in [3.8, 4) is 5.75 Å². The van der Waals surface area contributed by atoms with Gasteiger partial charge in [0, 0.05) is 11.3 Å². The molecule has 16 heavy (non-hydrogen) atoms. The normalized spacial score (nSPS) is 10.1. The lowest BCUT2D eigenvalue weighted by molar-refractivity contribution is 0.145. The van der Waals surface area contributed by atoms with Gasteiger partial charge in [-0.1, -0.05) is 6.08 Å². The van der Waals surface area contributed by atoms with Crippen LogP contribution in [0.4, 0.5) is 5.69 Å². The summed E-state index contributed by atoms with van der Waals surface area (Å²) in [6.07, 6.45) is 1.70. The molecule has 0 saturated heterocycles. The maximum Gasteiger partial charge on any atom is 0.125 e. The van der Waals surface area contributed by atoms with Crippen LogP contribution in [0.1, 0.15) is 5.56 Å². The smallest absolute Gasteiger partial charge is 0.125 e. The molecule has 2 N–H and O–H groups in total. The first-order valence-corrected chi connectivity index (χ1v) is 5.57. The highest BCUT2D eigenvalue weighted by molar-refractivity contribution is 6.18. The second kappa shape index (κ2) is 7.14. The second-order valence-electron chi connectivity index (χ2n) is 3.21. The van der Waals surface area contributed by atoms with Crippen molar-refractivity contribution in [2.24, 2.45) is 0 Å². The topological polar surface area (TPSA) is 44.5 Å². The number of nitrogens with two attached hydrogens (primary N) is 1. The van der Waals surface area contributed by atoms with Crippen LogP contribution in [0.2, 0.25) is 0 Å². The number of benzene rings is 1. The zero-order chi connectivity index (χ0) is 11.8. The fourth-order valence-electron chi connectivity index (χ4n) is 1.25. The Kier molecular flexibility index (Phi) is 5.75. The van der Waals surface area contributed by atoms with Crippen molar-refractivity contribution in [1.82, 2.24) is 0 Å². The highest BCUT2D eigenvalue weighted by Crippen LogP contribution is 2.22. The summed E-state index contributed by atoms with van der Waals surface area (Å²) >= 11 is 5.57. The van der Waals surface area contributed by atoms with Crippen molar-refractivity contribution >= 4 is 17.3 Å². The number of halogens is 1. The van der Waals surface area contributed by atoms with Gasteiger partial charge in [0.1, 0.15) is 12.4 Å². The molecule has 0 atom stereocenters. The van der Waals surface area contributed by atoms with Crippen LogP contribution in [0.5, 0.6) is 5.75 Å². The van der Waals surface area contributed by atoms with E-state index in [1.165, 1.54) is 0 Å². The Balaban J connectivity index is 2.68. The summed E-state index contributed by atoms with van der Waals surface area (Å²) in [7, 11) is 0. The maximum atomic E-state index is 5.70. The highest BCUT2D eigenvalue weighted by atomic mass is 35.5. The predicted octanol–water partition coefficient (Wildman–Crippen LogP) is 2.59. The molecular formula is C12H16ClNO2. The lowest BCUT2D eigenvalue weighted by atomic mass is 10.2. The molecule has 4 heteroatoms. The van der Waals surface area contributed by atoms with Crippen LogP contribution in [-0.4, -0.2) is 19.1 Å². The summed E-state index contributed by atoms with van der Waals surface area (Å²) in [5.74, 6) is 1.22. The van der Waals surface area contributed by atoms with Crippen LogP contribution in [-0.2, 0) is 11.3 Å². The van der Waals surface area contributed by atoms with Crippen LogP contribution in [0.25, 0.3) is 0 Å². The van der Waals surface area contributed by atoms with Gasteiger partial charge in [-0.15, -0.1) is 18.2 Å². The molecule has 0 unspecified atom stereocenters. The molecule has 0 amide bonds. The third kappa shape index (κ3) is 4.13. The van der Waals surface area contributed by atoms with E-state index in [1.807, 2.05) is 12.1 Å². The van der Waals surface area contributed by atoms with Gasteiger partial charge in [0.15, 0.2) is 0 Å². The minimum absolute atomic E-state index is 0.453. The molecule has 0 spiro atoms. The van der Waals surface area contributed by atoms with E-state index in [1.54, 1.807) is 12.1 Å². The van der Waals surface area contributed by atoms with E-state index in [0.29, 0.717) is 31.4 Å². The van der Waals surface area contributed by atoms with Crippen LogP contribution in [0.15, 0.2) is 30.9 Å². The number of alkyl halides is 1. The van der Waals surface area contributed by atoms with Gasteiger partial charge in [-0.3, -0.25) is 0 Å². The Labute approximate surface area is 101 Å². The number of anilines is 1. The van der Waals surface area contributed by atoms with Crippen LogP contribution in [0, 0.1) is 0 Å². The van der Waals surface area contributed by atoms with Gasteiger partial charge in [0.25, 0.3) is 0 Å². The summed E-state index contributed by atoms with van der Waals surface area (Å²) in [6, 6.07) is 5.46. The van der Waals surface area contributed by atoms with E-state index < -0.39 is 0 Å². The molecule has 0 saturated carbocycles. The molecule has 0 fully saturated rings. The summed E-state index contributed by atoms with van der Waals surface area (Å²) in [5.41, 5.74) is 7.32. The molecule has 0 aliphatic carbocycles. The van der Waals surface area contributed by atoms with Gasteiger partial charge in [0.05, 0.1) is 19.1 Å². The van der Waals surface area contributed by atoms with E-state index in [4.69, 9.17) is 26.8 Å². The quantitative estimate of drug-likeness (QED) is 0.345. The lowest BCUT2D eigenvalue weighted by Gasteiger charge is -2.11. The monoisotopic (exact) mass is 241 g/mol. The molecule has 1 rings (SSSR count). The first kappa shape index (κ1) is 12.9. The standard InChI is InChI=1S/C12H16ClNO2/c1-2-6-15-9-10-8-11(14)3-4-12(10)16-7-5-13/h2-4,8H,1,5-7,9,14H2. The van der Waals surface area contributed by atoms with Crippen molar-refractivity contribution in [2.75, 3.05) is 24.8 Å². The number of hydrogen-bond acceptors (Lipinski definition) is 3. The van der Waals surface area contributed by atoms with E-state index in [2.05, 4.69) is 6.58 Å². The van der Waals surface area contributed by atoms with Crippen molar-refractivity contribution < 1.29 is 9.47 Å². The molecule has 0 heterocycles. The number of rotatable bonds is 7. The molecular weight excluding hydrogens is 226 g/mol. The molecule has 0 bridgehead atoms. The van der Waals surface area contributed by atoms with Crippen molar-refractivity contribution in [2.45, 2.75) is 6.61 Å². The van der Waals surface area contributed by atoms with Crippen molar-refractivity contribution in [1.29, 1.82) is 0 Å². The molecule has 1 aromatic carbocycles. The lowest BCUT2D eigenvalue weighted by Crippen LogP contribution is -2.03. The van der Waals surface area contributed by atoms with E-state index in [0.717, 1.165) is 11.3 Å². The average molecular weight is 242 g/mol. The van der Waals surface area contributed by atoms with E-state index in [9.17, 15) is 0 Å². The Morgan fingerprint density at radius 2 is 2.25 bits per heavy atom. The second-order valence-corrected chi connectivity index (χ2v) is 3.59. The minimum atomic E-state index is 0.453. The van der Waals surface area contributed by atoms with Crippen LogP contribution < -0.4 is 10.5 Å². The van der Waals surface area contributed by atoms with E-state index in [-0.39, 0.29) is 0 Å². The average Bonchev–Trinajstić information content (AvgIpc) is 2.28. The molecule has 0 aromatic heterocycles. The van der Waals surface area contributed by atoms with Gasteiger partial charge < -0.3 is 15.2 Å². The van der Waals surface area contributed by atoms with Crippen molar-refractivity contribution in [3.63, 3.8) is 0 Å². The predicted molar refractivity (Wildman–Crippen MR) is 66.9 cm³/mol. The largest absolute Gasteiger partial charge is 0.492 e. The van der Waals surface area contributed by atoms with Crippen molar-refractivity contribution in [3.05, 3.63) is 36.4 Å². The van der Waals surface area contributed by atoms with Gasteiger partial charge in [-0.05, 0) is 18.2 Å². The summed E-state index contributed by atoms with van der Waals surface area (Å²) < 4.78 is 10.8. The molecule has 88 valence electrons. The molecule has 0 aliphatic rings. The van der Waals surface area contributed by atoms with E-state index >= 15 is 0 Å². The fraction of sp³-hybridized carbons (Fsp3) is 0.333. The number of ether oxygens (including phenoxy) is 2. The molecule has 1 aromatic rings. The number of nitrogen functional groups attached to an aromatic ring is 1. The summed E-state index contributed by atoms with van der Waals surface area (Å²) in [4.78, 5) is 0. The van der Waals surface area contributed by atoms with Gasteiger partial charge in [-0.2, -0.15) is 0 Å². The molecule has 0 radical (unpaired) electrons. The zero-order valence-electron chi connectivity index (χ0n) is 9.12.